The summed E-state index contributed by atoms with van der Waals surface area (Å²) in [7, 11) is 0. The van der Waals surface area contributed by atoms with Gasteiger partial charge in [-0.1, -0.05) is 18.5 Å². The summed E-state index contributed by atoms with van der Waals surface area (Å²) in [5, 5.41) is 12.0. The van der Waals surface area contributed by atoms with Gasteiger partial charge in [-0.3, -0.25) is 0 Å². The predicted molar refractivity (Wildman–Crippen MR) is 58.6 cm³/mol. The topological polar surface area (TPSA) is 45.1 Å². The molecule has 5 heteroatoms. The van der Waals surface area contributed by atoms with E-state index in [2.05, 4.69) is 10.3 Å². The van der Waals surface area contributed by atoms with E-state index in [4.69, 9.17) is 16.7 Å². The highest BCUT2D eigenvalue weighted by Crippen LogP contribution is 2.17. The quantitative estimate of drug-likeness (QED) is 0.820. The number of pyridine rings is 1. The fourth-order valence-electron chi connectivity index (χ4n) is 1.25. The molecule has 0 saturated heterocycles. The summed E-state index contributed by atoms with van der Waals surface area (Å²) >= 11 is 5.58. The first kappa shape index (κ1) is 12.2. The molecule has 2 N–H and O–H groups in total. The summed E-state index contributed by atoms with van der Waals surface area (Å²) in [5.41, 5.74) is 0. The highest BCUT2D eigenvalue weighted by molar-refractivity contribution is 6.30. The Morgan fingerprint density at radius 1 is 1.67 bits per heavy atom. The van der Waals surface area contributed by atoms with Crippen LogP contribution in [0.1, 0.15) is 19.8 Å². The maximum Gasteiger partial charge on any atom is 0.166 e. The Balaban J connectivity index is 2.70. The Labute approximate surface area is 93.3 Å². The molecule has 84 valence electrons. The normalized spacial score (nSPS) is 12.5. The average molecular weight is 233 g/mol. The van der Waals surface area contributed by atoms with Crippen LogP contribution in [0.3, 0.4) is 0 Å². The lowest BCUT2D eigenvalue weighted by molar-refractivity contribution is 0.278. The Bertz CT molecular complexity index is 322. The third-order valence-corrected chi connectivity index (χ3v) is 2.33. The van der Waals surface area contributed by atoms with Crippen LogP contribution in [0.5, 0.6) is 0 Å². The summed E-state index contributed by atoms with van der Waals surface area (Å²) in [4.78, 5) is 3.85. The van der Waals surface area contributed by atoms with Crippen molar-refractivity contribution in [2.24, 2.45) is 0 Å². The van der Waals surface area contributed by atoms with Gasteiger partial charge in [0.25, 0.3) is 0 Å². The summed E-state index contributed by atoms with van der Waals surface area (Å²) < 4.78 is 13.3. The number of nitrogens with zero attached hydrogens (tertiary/aromatic N) is 1. The standard InChI is InChI=1S/C10H14ClFN2O/c1-2-8(3-4-15)14-10-9(12)5-7(11)6-13-10/h5-6,8,15H,2-4H2,1H3,(H,13,14). The lowest BCUT2D eigenvalue weighted by Gasteiger charge is -2.16. The minimum atomic E-state index is -0.473. The van der Waals surface area contributed by atoms with Crippen LogP contribution in [0.25, 0.3) is 0 Å². The molecule has 0 aliphatic carbocycles. The molecule has 1 atom stereocenters. The number of hydrogen-bond donors (Lipinski definition) is 2. The monoisotopic (exact) mass is 232 g/mol. The maximum absolute atomic E-state index is 13.3. The van der Waals surface area contributed by atoms with Gasteiger partial charge in [-0.2, -0.15) is 0 Å². The minimum Gasteiger partial charge on any atom is -0.396 e. The van der Waals surface area contributed by atoms with E-state index in [-0.39, 0.29) is 23.5 Å². The van der Waals surface area contributed by atoms with E-state index in [1.54, 1.807) is 0 Å². The van der Waals surface area contributed by atoms with E-state index in [9.17, 15) is 4.39 Å². The third kappa shape index (κ3) is 3.64. The molecule has 1 unspecified atom stereocenters. The van der Waals surface area contributed by atoms with Gasteiger partial charge in [0.2, 0.25) is 0 Å². The van der Waals surface area contributed by atoms with Crippen LogP contribution in [0.4, 0.5) is 10.2 Å². The van der Waals surface area contributed by atoms with Gasteiger partial charge >= 0.3 is 0 Å². The van der Waals surface area contributed by atoms with E-state index >= 15 is 0 Å². The second kappa shape index (κ2) is 5.88. The number of halogens is 2. The number of aliphatic hydroxyl groups is 1. The molecule has 0 radical (unpaired) electrons. The van der Waals surface area contributed by atoms with E-state index in [0.717, 1.165) is 6.42 Å². The first-order valence-corrected chi connectivity index (χ1v) is 5.23. The van der Waals surface area contributed by atoms with Crippen molar-refractivity contribution in [1.29, 1.82) is 0 Å². The maximum atomic E-state index is 13.3. The molecule has 3 nitrogen and oxygen atoms in total. The Kier molecular flexibility index (Phi) is 4.78. The van der Waals surface area contributed by atoms with Crippen molar-refractivity contribution in [2.75, 3.05) is 11.9 Å². The smallest absolute Gasteiger partial charge is 0.166 e. The number of rotatable bonds is 5. The molecule has 1 aromatic heterocycles. The molecule has 15 heavy (non-hydrogen) atoms. The second-order valence-electron chi connectivity index (χ2n) is 3.25. The van der Waals surface area contributed by atoms with Crippen LogP contribution in [0, 0.1) is 5.82 Å². The molecule has 0 saturated carbocycles. The molecular weight excluding hydrogens is 219 g/mol. The van der Waals surface area contributed by atoms with Gasteiger partial charge in [0, 0.05) is 18.8 Å². The molecule has 0 spiro atoms. The predicted octanol–water partition coefficient (Wildman–Crippen LogP) is 2.45. The SMILES string of the molecule is CCC(CCO)Nc1ncc(Cl)cc1F. The van der Waals surface area contributed by atoms with Gasteiger partial charge in [-0.15, -0.1) is 0 Å². The van der Waals surface area contributed by atoms with Crippen LogP contribution < -0.4 is 5.32 Å². The van der Waals surface area contributed by atoms with Gasteiger partial charge in [-0.05, 0) is 18.9 Å². The summed E-state index contributed by atoms with van der Waals surface area (Å²) in [5.74, 6) is -0.293. The number of aliphatic hydroxyl groups excluding tert-OH is 1. The number of aromatic nitrogens is 1. The zero-order valence-electron chi connectivity index (χ0n) is 8.50. The van der Waals surface area contributed by atoms with Crippen LogP contribution in [0.15, 0.2) is 12.3 Å². The van der Waals surface area contributed by atoms with Crippen LogP contribution in [0.2, 0.25) is 5.02 Å². The van der Waals surface area contributed by atoms with Crippen molar-refractivity contribution in [1.82, 2.24) is 4.98 Å². The first-order valence-electron chi connectivity index (χ1n) is 4.85. The van der Waals surface area contributed by atoms with E-state index in [1.165, 1.54) is 12.3 Å². The fraction of sp³-hybridized carbons (Fsp3) is 0.500. The van der Waals surface area contributed by atoms with E-state index in [0.29, 0.717) is 6.42 Å². The Morgan fingerprint density at radius 3 is 2.93 bits per heavy atom. The highest BCUT2D eigenvalue weighted by atomic mass is 35.5. The summed E-state index contributed by atoms with van der Waals surface area (Å²) in [6.07, 6.45) is 2.75. The van der Waals surface area contributed by atoms with Crippen molar-refractivity contribution in [2.45, 2.75) is 25.8 Å². The summed E-state index contributed by atoms with van der Waals surface area (Å²) in [6, 6.07) is 1.24. The Morgan fingerprint density at radius 2 is 2.40 bits per heavy atom. The van der Waals surface area contributed by atoms with E-state index < -0.39 is 5.82 Å². The fourth-order valence-corrected chi connectivity index (χ4v) is 1.39. The average Bonchev–Trinajstić information content (AvgIpc) is 2.21. The molecule has 0 aliphatic heterocycles. The zero-order chi connectivity index (χ0) is 11.3. The van der Waals surface area contributed by atoms with Gasteiger partial charge in [0.15, 0.2) is 11.6 Å². The lowest BCUT2D eigenvalue weighted by Crippen LogP contribution is -2.21. The van der Waals surface area contributed by atoms with Crippen molar-refractivity contribution >= 4 is 17.4 Å². The number of hydrogen-bond acceptors (Lipinski definition) is 3. The zero-order valence-corrected chi connectivity index (χ0v) is 9.26. The molecule has 0 amide bonds. The highest BCUT2D eigenvalue weighted by Gasteiger charge is 2.10. The molecule has 0 fully saturated rings. The lowest BCUT2D eigenvalue weighted by atomic mass is 10.1. The van der Waals surface area contributed by atoms with Gasteiger partial charge in [-0.25, -0.2) is 9.37 Å². The van der Waals surface area contributed by atoms with Crippen molar-refractivity contribution in [3.63, 3.8) is 0 Å². The van der Waals surface area contributed by atoms with Crippen molar-refractivity contribution in [3.05, 3.63) is 23.1 Å². The molecule has 1 aromatic rings. The summed E-state index contributed by atoms with van der Waals surface area (Å²) in [6.45, 7) is 2.03. The largest absolute Gasteiger partial charge is 0.396 e. The number of anilines is 1. The molecule has 0 bridgehead atoms. The Hall–Kier alpha value is -0.870. The van der Waals surface area contributed by atoms with Crippen molar-refractivity contribution < 1.29 is 9.50 Å². The molecule has 1 heterocycles. The second-order valence-corrected chi connectivity index (χ2v) is 3.68. The molecule has 0 aliphatic rings. The van der Waals surface area contributed by atoms with E-state index in [1.807, 2.05) is 6.92 Å². The first-order chi connectivity index (χ1) is 7.17. The molecular formula is C10H14ClFN2O. The molecule has 0 aromatic carbocycles. The minimum absolute atomic E-state index is 0.0261. The number of nitrogens with one attached hydrogen (secondary N) is 1. The third-order valence-electron chi connectivity index (χ3n) is 2.12. The van der Waals surface area contributed by atoms with Gasteiger partial charge < -0.3 is 10.4 Å². The molecule has 1 rings (SSSR count). The van der Waals surface area contributed by atoms with Crippen LogP contribution in [-0.4, -0.2) is 22.7 Å². The van der Waals surface area contributed by atoms with Crippen LogP contribution >= 0.6 is 11.6 Å². The van der Waals surface area contributed by atoms with Gasteiger partial charge in [0.05, 0.1) is 5.02 Å². The van der Waals surface area contributed by atoms with Crippen LogP contribution in [-0.2, 0) is 0 Å². The van der Waals surface area contributed by atoms with Crippen molar-refractivity contribution in [3.8, 4) is 0 Å². The van der Waals surface area contributed by atoms with Gasteiger partial charge in [0.1, 0.15) is 0 Å².